The zero-order valence-corrected chi connectivity index (χ0v) is 15.2. The third-order valence-electron chi connectivity index (χ3n) is 5.47. The maximum absolute atomic E-state index is 12.4. The molecule has 0 radical (unpaired) electrons. The molecule has 3 atom stereocenters. The normalized spacial score (nSPS) is 25.8. The predicted molar refractivity (Wildman–Crippen MR) is 97.4 cm³/mol. The summed E-state index contributed by atoms with van der Waals surface area (Å²) in [5, 5.41) is 0. The number of nitrogens with two attached hydrogens (primary N) is 1. The molecule has 2 aliphatic heterocycles. The van der Waals surface area contributed by atoms with Crippen LogP contribution in [0.5, 0.6) is 0 Å². The van der Waals surface area contributed by atoms with Crippen molar-refractivity contribution >= 4 is 5.91 Å². The van der Waals surface area contributed by atoms with Crippen LogP contribution in [-0.2, 0) is 4.79 Å². The fraction of sp³-hybridized carbons (Fsp3) is 0.650. The van der Waals surface area contributed by atoms with E-state index in [2.05, 4.69) is 34.1 Å². The Morgan fingerprint density at radius 1 is 1.12 bits per heavy atom. The van der Waals surface area contributed by atoms with Crippen molar-refractivity contribution < 1.29 is 4.79 Å². The summed E-state index contributed by atoms with van der Waals surface area (Å²) in [4.78, 5) is 17.1. The van der Waals surface area contributed by atoms with Crippen LogP contribution in [0.4, 0.5) is 0 Å². The Kier molecular flexibility index (Phi) is 4.97. The number of rotatable bonds is 4. The van der Waals surface area contributed by atoms with Crippen LogP contribution >= 0.6 is 0 Å². The summed E-state index contributed by atoms with van der Waals surface area (Å²) in [6.45, 7) is 11.2. The summed E-state index contributed by atoms with van der Waals surface area (Å²) in [6.07, 6.45) is 0.994. The lowest BCUT2D eigenvalue weighted by molar-refractivity contribution is -0.138. The third kappa shape index (κ3) is 3.81. The smallest absolute Gasteiger partial charge is 0.227 e. The molecule has 0 aliphatic carbocycles. The molecule has 0 saturated carbocycles. The summed E-state index contributed by atoms with van der Waals surface area (Å²) in [7, 11) is 0. The van der Waals surface area contributed by atoms with Crippen LogP contribution in [0.15, 0.2) is 30.3 Å². The highest BCUT2D eigenvalue weighted by Gasteiger charge is 2.43. The van der Waals surface area contributed by atoms with E-state index in [4.69, 9.17) is 5.73 Å². The first kappa shape index (κ1) is 17.4. The van der Waals surface area contributed by atoms with E-state index in [1.807, 2.05) is 26.8 Å². The van der Waals surface area contributed by atoms with E-state index in [0.29, 0.717) is 17.7 Å². The summed E-state index contributed by atoms with van der Waals surface area (Å²) >= 11 is 0. The van der Waals surface area contributed by atoms with Crippen LogP contribution < -0.4 is 5.73 Å². The van der Waals surface area contributed by atoms with Crippen molar-refractivity contribution in [2.75, 3.05) is 32.7 Å². The van der Waals surface area contributed by atoms with Gasteiger partial charge in [0.05, 0.1) is 0 Å². The van der Waals surface area contributed by atoms with Crippen molar-refractivity contribution in [3.63, 3.8) is 0 Å². The molecule has 2 heterocycles. The van der Waals surface area contributed by atoms with E-state index in [1.54, 1.807) is 0 Å². The topological polar surface area (TPSA) is 49.6 Å². The molecule has 2 aliphatic rings. The third-order valence-corrected chi connectivity index (χ3v) is 5.47. The average Bonchev–Trinajstić information content (AvgIpc) is 3.10. The van der Waals surface area contributed by atoms with Gasteiger partial charge in [0.25, 0.3) is 0 Å². The Balaban J connectivity index is 1.46. The first-order chi connectivity index (χ1) is 11.3. The van der Waals surface area contributed by atoms with Gasteiger partial charge >= 0.3 is 0 Å². The Morgan fingerprint density at radius 3 is 2.25 bits per heavy atom. The fourth-order valence-electron chi connectivity index (χ4n) is 4.10. The van der Waals surface area contributed by atoms with Crippen molar-refractivity contribution in [2.45, 2.75) is 33.2 Å². The summed E-state index contributed by atoms with van der Waals surface area (Å²) in [5.74, 6) is 1.59. The van der Waals surface area contributed by atoms with Crippen molar-refractivity contribution in [1.82, 2.24) is 9.80 Å². The summed E-state index contributed by atoms with van der Waals surface area (Å²) in [5.41, 5.74) is 7.28. The first-order valence-corrected chi connectivity index (χ1v) is 9.17. The second-order valence-electron chi connectivity index (χ2n) is 8.55. The number of hydrogen-bond acceptors (Lipinski definition) is 3. The molecule has 0 aromatic heterocycles. The van der Waals surface area contributed by atoms with Gasteiger partial charge in [-0.15, -0.1) is 0 Å². The zero-order chi connectivity index (χ0) is 17.3. The zero-order valence-electron chi connectivity index (χ0n) is 15.2. The fourth-order valence-corrected chi connectivity index (χ4v) is 4.10. The molecule has 2 saturated heterocycles. The Labute approximate surface area is 146 Å². The molecule has 0 bridgehead atoms. The van der Waals surface area contributed by atoms with Gasteiger partial charge in [-0.3, -0.25) is 4.79 Å². The molecule has 1 aromatic rings. The van der Waals surface area contributed by atoms with Crippen molar-refractivity contribution in [2.24, 2.45) is 23.0 Å². The molecule has 3 rings (SSSR count). The Hall–Kier alpha value is -1.39. The largest absolute Gasteiger partial charge is 0.342 e. The van der Waals surface area contributed by atoms with Crippen LogP contribution in [0.25, 0.3) is 0 Å². The maximum atomic E-state index is 12.4. The molecule has 0 spiro atoms. The first-order valence-electron chi connectivity index (χ1n) is 9.17. The average molecular weight is 329 g/mol. The van der Waals surface area contributed by atoms with Gasteiger partial charge in [-0.1, -0.05) is 51.1 Å². The highest BCUT2D eigenvalue weighted by Crippen LogP contribution is 2.33. The molecule has 2 N–H and O–H groups in total. The van der Waals surface area contributed by atoms with Crippen LogP contribution in [0.3, 0.4) is 0 Å². The molecule has 132 valence electrons. The lowest BCUT2D eigenvalue weighted by atomic mass is 9.95. The molecular weight excluding hydrogens is 298 g/mol. The molecular formula is C20H31N3O. The number of amides is 1. The van der Waals surface area contributed by atoms with E-state index in [-0.39, 0.29) is 11.5 Å². The minimum Gasteiger partial charge on any atom is -0.342 e. The molecule has 24 heavy (non-hydrogen) atoms. The number of carbonyl (C=O) groups is 1. The SMILES string of the molecule is CC(C)(C)C(=O)N1CC2CN(CC[C@H](N)c3ccccc3)CC2C1. The second kappa shape index (κ2) is 6.85. The number of carbonyl (C=O) groups excluding carboxylic acids is 1. The number of hydrogen-bond donors (Lipinski definition) is 1. The Bertz CT molecular complexity index is 552. The highest BCUT2D eigenvalue weighted by molar-refractivity contribution is 5.81. The monoisotopic (exact) mass is 329 g/mol. The van der Waals surface area contributed by atoms with Crippen molar-refractivity contribution in [3.8, 4) is 0 Å². The van der Waals surface area contributed by atoms with Crippen LogP contribution in [0.2, 0.25) is 0 Å². The number of benzene rings is 1. The van der Waals surface area contributed by atoms with E-state index in [9.17, 15) is 4.79 Å². The van der Waals surface area contributed by atoms with Crippen molar-refractivity contribution in [1.29, 1.82) is 0 Å². The van der Waals surface area contributed by atoms with E-state index >= 15 is 0 Å². The number of likely N-dealkylation sites (tertiary alicyclic amines) is 2. The molecule has 1 aromatic carbocycles. The molecule has 4 nitrogen and oxygen atoms in total. The van der Waals surface area contributed by atoms with Gasteiger partial charge in [-0.2, -0.15) is 0 Å². The minimum atomic E-state index is -0.263. The molecule has 2 unspecified atom stereocenters. The highest BCUT2D eigenvalue weighted by atomic mass is 16.2. The van der Waals surface area contributed by atoms with Gasteiger partial charge in [-0.25, -0.2) is 0 Å². The van der Waals surface area contributed by atoms with Gasteiger partial charge < -0.3 is 15.5 Å². The van der Waals surface area contributed by atoms with Gasteiger partial charge in [0.1, 0.15) is 0 Å². The summed E-state index contributed by atoms with van der Waals surface area (Å²) < 4.78 is 0. The van der Waals surface area contributed by atoms with Gasteiger partial charge in [0.2, 0.25) is 5.91 Å². The van der Waals surface area contributed by atoms with E-state index in [0.717, 1.165) is 39.1 Å². The van der Waals surface area contributed by atoms with Crippen molar-refractivity contribution in [3.05, 3.63) is 35.9 Å². The molecule has 2 fully saturated rings. The standard InChI is InChI=1S/C20H31N3O/c1-20(2,3)19(24)23-13-16-11-22(12-17(16)14-23)10-9-18(21)15-7-5-4-6-8-15/h4-8,16-18H,9-14,21H2,1-3H3/t16?,17?,18-/m0/s1. The quantitative estimate of drug-likeness (QED) is 0.923. The van der Waals surface area contributed by atoms with E-state index in [1.165, 1.54) is 5.56 Å². The lowest BCUT2D eigenvalue weighted by Gasteiger charge is -2.27. The van der Waals surface area contributed by atoms with Gasteiger partial charge in [-0.05, 0) is 30.4 Å². The Morgan fingerprint density at radius 2 is 1.71 bits per heavy atom. The van der Waals surface area contributed by atoms with Crippen LogP contribution in [0, 0.1) is 17.3 Å². The second-order valence-corrected chi connectivity index (χ2v) is 8.55. The van der Waals surface area contributed by atoms with Crippen LogP contribution in [0.1, 0.15) is 38.8 Å². The molecule has 1 amide bonds. The number of fused-ring (bicyclic) bond motifs is 1. The summed E-state index contributed by atoms with van der Waals surface area (Å²) in [6, 6.07) is 10.5. The number of nitrogens with zero attached hydrogens (tertiary/aromatic N) is 2. The van der Waals surface area contributed by atoms with Gasteiger partial charge in [0, 0.05) is 37.6 Å². The van der Waals surface area contributed by atoms with Crippen LogP contribution in [-0.4, -0.2) is 48.4 Å². The van der Waals surface area contributed by atoms with E-state index < -0.39 is 0 Å². The minimum absolute atomic E-state index is 0.116. The maximum Gasteiger partial charge on any atom is 0.227 e. The molecule has 4 heteroatoms. The lowest BCUT2D eigenvalue weighted by Crippen LogP contribution is -2.40. The predicted octanol–water partition coefficient (Wildman–Crippen LogP) is 2.51. The van der Waals surface area contributed by atoms with Gasteiger partial charge in [0.15, 0.2) is 0 Å².